The van der Waals surface area contributed by atoms with E-state index in [2.05, 4.69) is 4.98 Å². The molecule has 1 amide bonds. The van der Waals surface area contributed by atoms with Gasteiger partial charge in [-0.2, -0.15) is 4.31 Å². The molecule has 0 aliphatic carbocycles. The highest BCUT2D eigenvalue weighted by Crippen LogP contribution is 2.18. The molecule has 0 spiro atoms. The number of halogens is 1. The molecule has 1 fully saturated rings. The molecule has 0 unspecified atom stereocenters. The van der Waals surface area contributed by atoms with Crippen LogP contribution in [-0.2, 0) is 14.8 Å². The number of nitrogens with zero attached hydrogens (tertiary/aromatic N) is 3. The smallest absolute Gasteiger partial charge is 0.263 e. The van der Waals surface area contributed by atoms with Crippen LogP contribution in [0.2, 0.25) is 0 Å². The summed E-state index contributed by atoms with van der Waals surface area (Å²) in [5.41, 5.74) is 0. The van der Waals surface area contributed by atoms with Crippen molar-refractivity contribution in [3.8, 4) is 0 Å². The van der Waals surface area contributed by atoms with E-state index in [-0.39, 0.29) is 19.0 Å². The summed E-state index contributed by atoms with van der Waals surface area (Å²) in [6.45, 7) is 2.66. The van der Waals surface area contributed by atoms with E-state index < -0.39 is 20.9 Å². The molecule has 0 radical (unpaired) electrons. The fourth-order valence-corrected chi connectivity index (χ4v) is 3.58. The lowest BCUT2D eigenvalue weighted by Crippen LogP contribution is -2.37. The van der Waals surface area contributed by atoms with Crippen molar-refractivity contribution >= 4 is 15.9 Å². The van der Waals surface area contributed by atoms with Gasteiger partial charge in [0, 0.05) is 39.3 Å². The number of sulfonamides is 1. The quantitative estimate of drug-likeness (QED) is 0.796. The Morgan fingerprint density at radius 3 is 2.70 bits per heavy atom. The summed E-state index contributed by atoms with van der Waals surface area (Å²) in [4.78, 5) is 16.5. The van der Waals surface area contributed by atoms with Crippen LogP contribution in [0.1, 0.15) is 13.3 Å². The Bertz CT molecular complexity index is 606. The van der Waals surface area contributed by atoms with Crippen LogP contribution in [0.5, 0.6) is 0 Å². The number of pyridine rings is 1. The van der Waals surface area contributed by atoms with Crippen LogP contribution in [0.4, 0.5) is 4.39 Å². The highest BCUT2D eigenvalue weighted by Gasteiger charge is 2.30. The Kier molecular flexibility index (Phi) is 4.34. The monoisotopic (exact) mass is 301 g/mol. The molecule has 2 rings (SSSR count). The number of hydrogen-bond acceptors (Lipinski definition) is 4. The van der Waals surface area contributed by atoms with Crippen LogP contribution in [0, 0.1) is 5.82 Å². The van der Waals surface area contributed by atoms with E-state index in [0.29, 0.717) is 19.5 Å². The Balaban J connectivity index is 2.23. The lowest BCUT2D eigenvalue weighted by molar-refractivity contribution is -0.128. The molecule has 1 aromatic heterocycles. The van der Waals surface area contributed by atoms with Crippen molar-refractivity contribution in [3.63, 3.8) is 0 Å². The zero-order valence-electron chi connectivity index (χ0n) is 11.1. The summed E-state index contributed by atoms with van der Waals surface area (Å²) in [6, 6.07) is 2.41. The van der Waals surface area contributed by atoms with E-state index in [1.807, 2.05) is 0 Å². The van der Waals surface area contributed by atoms with E-state index in [1.165, 1.54) is 23.5 Å². The predicted octanol–water partition coefficient (Wildman–Crippen LogP) is 0.464. The lowest BCUT2D eigenvalue weighted by Gasteiger charge is -2.20. The van der Waals surface area contributed by atoms with E-state index in [1.54, 1.807) is 4.90 Å². The van der Waals surface area contributed by atoms with Crippen molar-refractivity contribution in [2.24, 2.45) is 0 Å². The molecule has 0 atom stereocenters. The summed E-state index contributed by atoms with van der Waals surface area (Å²) < 4.78 is 39.5. The fraction of sp³-hybridized carbons (Fsp3) is 0.500. The van der Waals surface area contributed by atoms with Crippen molar-refractivity contribution in [1.29, 1.82) is 0 Å². The topological polar surface area (TPSA) is 70.6 Å². The largest absolute Gasteiger partial charge is 0.342 e. The van der Waals surface area contributed by atoms with Gasteiger partial charge in [-0.15, -0.1) is 0 Å². The minimum absolute atomic E-state index is 0.0896. The molecule has 0 aromatic carbocycles. The van der Waals surface area contributed by atoms with Crippen molar-refractivity contribution < 1.29 is 17.6 Å². The molecule has 0 N–H and O–H groups in total. The van der Waals surface area contributed by atoms with Crippen LogP contribution in [-0.4, -0.2) is 54.7 Å². The summed E-state index contributed by atoms with van der Waals surface area (Å²) in [5, 5.41) is -0.559. The van der Waals surface area contributed by atoms with Crippen LogP contribution in [0.3, 0.4) is 0 Å². The van der Waals surface area contributed by atoms with Gasteiger partial charge in [0.2, 0.25) is 10.9 Å². The number of aromatic nitrogens is 1. The van der Waals surface area contributed by atoms with E-state index in [4.69, 9.17) is 0 Å². The standard InChI is InChI=1S/C12H16FN3O3S/c1-10(17)15-6-3-7-16(9-8-15)20(18,19)12-11(13)4-2-5-14-12/h2,4-5H,3,6-9H2,1H3. The van der Waals surface area contributed by atoms with Gasteiger partial charge in [0.1, 0.15) is 0 Å². The van der Waals surface area contributed by atoms with E-state index in [0.717, 1.165) is 6.07 Å². The number of carbonyl (C=O) groups is 1. The minimum Gasteiger partial charge on any atom is -0.342 e. The molecular weight excluding hydrogens is 285 g/mol. The van der Waals surface area contributed by atoms with Gasteiger partial charge < -0.3 is 4.90 Å². The molecule has 110 valence electrons. The number of amides is 1. The maximum atomic E-state index is 13.6. The molecular formula is C12H16FN3O3S. The van der Waals surface area contributed by atoms with Gasteiger partial charge in [-0.3, -0.25) is 4.79 Å². The highest BCUT2D eigenvalue weighted by atomic mass is 32.2. The lowest BCUT2D eigenvalue weighted by atomic mass is 10.4. The zero-order valence-corrected chi connectivity index (χ0v) is 11.9. The van der Waals surface area contributed by atoms with E-state index >= 15 is 0 Å². The molecule has 1 aliphatic heterocycles. The highest BCUT2D eigenvalue weighted by molar-refractivity contribution is 7.89. The van der Waals surface area contributed by atoms with Gasteiger partial charge in [0.05, 0.1) is 0 Å². The van der Waals surface area contributed by atoms with Crippen molar-refractivity contribution in [2.75, 3.05) is 26.2 Å². The first kappa shape index (κ1) is 14.9. The number of rotatable bonds is 2. The van der Waals surface area contributed by atoms with Crippen molar-refractivity contribution in [1.82, 2.24) is 14.2 Å². The number of hydrogen-bond donors (Lipinski definition) is 0. The second kappa shape index (κ2) is 5.84. The fourth-order valence-electron chi connectivity index (χ4n) is 2.13. The molecule has 0 saturated carbocycles. The maximum Gasteiger partial charge on any atom is 0.263 e. The van der Waals surface area contributed by atoms with Crippen molar-refractivity contribution in [3.05, 3.63) is 24.1 Å². The van der Waals surface area contributed by atoms with Crippen molar-refractivity contribution in [2.45, 2.75) is 18.4 Å². The van der Waals surface area contributed by atoms with Gasteiger partial charge in [-0.1, -0.05) is 0 Å². The Labute approximate surface area is 117 Å². The summed E-state index contributed by atoms with van der Waals surface area (Å²) >= 11 is 0. The molecule has 6 nitrogen and oxygen atoms in total. The molecule has 1 saturated heterocycles. The van der Waals surface area contributed by atoms with E-state index in [9.17, 15) is 17.6 Å². The molecule has 0 bridgehead atoms. The van der Waals surface area contributed by atoms with Gasteiger partial charge in [0.15, 0.2) is 5.82 Å². The normalized spacial score (nSPS) is 17.8. The molecule has 1 aromatic rings. The zero-order chi connectivity index (χ0) is 14.8. The third-order valence-electron chi connectivity index (χ3n) is 3.21. The Hall–Kier alpha value is -1.54. The molecule has 20 heavy (non-hydrogen) atoms. The minimum atomic E-state index is -3.96. The summed E-state index contributed by atoms with van der Waals surface area (Å²) in [6.07, 6.45) is 1.77. The molecule has 2 heterocycles. The first-order chi connectivity index (χ1) is 9.43. The van der Waals surface area contributed by atoms with Crippen LogP contribution in [0.15, 0.2) is 23.4 Å². The predicted molar refractivity (Wildman–Crippen MR) is 69.8 cm³/mol. The van der Waals surface area contributed by atoms with Gasteiger partial charge in [0.25, 0.3) is 10.0 Å². The van der Waals surface area contributed by atoms with Gasteiger partial charge in [-0.05, 0) is 18.6 Å². The summed E-state index contributed by atoms with van der Waals surface area (Å²) in [7, 11) is -3.96. The SMILES string of the molecule is CC(=O)N1CCCN(S(=O)(=O)c2ncccc2F)CC1. The van der Waals surface area contributed by atoms with Gasteiger partial charge in [-0.25, -0.2) is 17.8 Å². The first-order valence-electron chi connectivity index (χ1n) is 6.29. The average molecular weight is 301 g/mol. The first-order valence-corrected chi connectivity index (χ1v) is 7.73. The number of carbonyl (C=O) groups excluding carboxylic acids is 1. The third kappa shape index (κ3) is 2.96. The maximum absolute atomic E-state index is 13.6. The average Bonchev–Trinajstić information content (AvgIpc) is 2.65. The second-order valence-electron chi connectivity index (χ2n) is 4.55. The second-order valence-corrected chi connectivity index (χ2v) is 6.41. The van der Waals surface area contributed by atoms with Crippen LogP contribution < -0.4 is 0 Å². The van der Waals surface area contributed by atoms with Crippen LogP contribution in [0.25, 0.3) is 0 Å². The van der Waals surface area contributed by atoms with Gasteiger partial charge >= 0.3 is 0 Å². The molecule has 1 aliphatic rings. The summed E-state index contributed by atoms with van der Waals surface area (Å²) in [5.74, 6) is -0.951. The Morgan fingerprint density at radius 1 is 1.30 bits per heavy atom. The Morgan fingerprint density at radius 2 is 2.05 bits per heavy atom. The molecule has 8 heteroatoms. The van der Waals surface area contributed by atoms with Crippen LogP contribution >= 0.6 is 0 Å². The third-order valence-corrected chi connectivity index (χ3v) is 5.04.